The number of aromatic nitrogens is 1. The van der Waals surface area contributed by atoms with Crippen LogP contribution in [0.3, 0.4) is 0 Å². The molecule has 1 fully saturated rings. The lowest BCUT2D eigenvalue weighted by atomic mass is 10.1. The van der Waals surface area contributed by atoms with Gasteiger partial charge in [-0.25, -0.2) is 0 Å². The van der Waals surface area contributed by atoms with Crippen LogP contribution in [0.4, 0.5) is 0 Å². The third-order valence-electron chi connectivity index (χ3n) is 3.10. The van der Waals surface area contributed by atoms with E-state index < -0.39 is 0 Å². The van der Waals surface area contributed by atoms with Crippen molar-refractivity contribution in [2.75, 3.05) is 6.54 Å². The Kier molecular flexibility index (Phi) is 3.27. The zero-order valence-corrected chi connectivity index (χ0v) is 9.82. The first-order valence-corrected chi connectivity index (χ1v) is 5.86. The molecule has 4 heteroatoms. The predicted molar refractivity (Wildman–Crippen MR) is 59.8 cm³/mol. The van der Waals surface area contributed by atoms with Crippen molar-refractivity contribution >= 4 is 5.91 Å². The zero-order valence-electron chi connectivity index (χ0n) is 9.82. The van der Waals surface area contributed by atoms with E-state index in [0.29, 0.717) is 12.5 Å². The predicted octanol–water partition coefficient (Wildman–Crippen LogP) is 1.69. The number of aryl methyl sites for hydroxylation is 1. The van der Waals surface area contributed by atoms with Gasteiger partial charge in [-0.2, -0.15) is 0 Å². The normalized spacial score (nSPS) is 17.1. The fourth-order valence-electron chi connectivity index (χ4n) is 1.82. The number of nitrogens with one attached hydrogen (secondary N) is 1. The van der Waals surface area contributed by atoms with E-state index in [4.69, 9.17) is 4.52 Å². The Bertz CT molecular complexity index is 369. The van der Waals surface area contributed by atoms with Gasteiger partial charge in [0.05, 0.1) is 5.69 Å². The number of carbonyl (C=O) groups is 1. The van der Waals surface area contributed by atoms with Gasteiger partial charge in [0.15, 0.2) is 0 Å². The molecule has 1 aliphatic rings. The van der Waals surface area contributed by atoms with E-state index in [-0.39, 0.29) is 11.8 Å². The first-order valence-electron chi connectivity index (χ1n) is 5.86. The van der Waals surface area contributed by atoms with Gasteiger partial charge in [0.1, 0.15) is 5.76 Å². The number of amides is 1. The molecular formula is C12H18N2O2. The molecule has 1 heterocycles. The summed E-state index contributed by atoms with van der Waals surface area (Å²) >= 11 is 0. The Hall–Kier alpha value is -1.32. The van der Waals surface area contributed by atoms with E-state index in [2.05, 4.69) is 10.5 Å². The van der Waals surface area contributed by atoms with Gasteiger partial charge in [-0.3, -0.25) is 4.79 Å². The van der Waals surface area contributed by atoms with Crippen LogP contribution in [0.25, 0.3) is 0 Å². The Morgan fingerprint density at radius 1 is 1.69 bits per heavy atom. The average Bonchev–Trinajstić information content (AvgIpc) is 3.02. The number of hydrogen-bond donors (Lipinski definition) is 1. The lowest BCUT2D eigenvalue weighted by Gasteiger charge is -2.09. The van der Waals surface area contributed by atoms with Crippen LogP contribution in [0.1, 0.15) is 31.2 Å². The minimum Gasteiger partial charge on any atom is -0.361 e. The molecule has 1 aromatic rings. The minimum absolute atomic E-state index is 0.166. The molecule has 1 unspecified atom stereocenters. The Balaban J connectivity index is 1.69. The van der Waals surface area contributed by atoms with Crippen molar-refractivity contribution in [1.82, 2.24) is 10.5 Å². The summed E-state index contributed by atoms with van der Waals surface area (Å²) in [7, 11) is 0. The number of rotatable bonds is 5. The van der Waals surface area contributed by atoms with Gasteiger partial charge in [-0.05, 0) is 25.7 Å². The van der Waals surface area contributed by atoms with Crippen molar-refractivity contribution in [3.8, 4) is 0 Å². The Morgan fingerprint density at radius 3 is 3.00 bits per heavy atom. The van der Waals surface area contributed by atoms with E-state index >= 15 is 0 Å². The average molecular weight is 222 g/mol. The highest BCUT2D eigenvalue weighted by Crippen LogP contribution is 2.36. The molecule has 4 nitrogen and oxygen atoms in total. The van der Waals surface area contributed by atoms with E-state index in [1.807, 2.05) is 19.9 Å². The molecule has 0 aliphatic heterocycles. The highest BCUT2D eigenvalue weighted by Gasteiger charge is 2.32. The summed E-state index contributed by atoms with van der Waals surface area (Å²) in [5, 5.41) is 6.82. The van der Waals surface area contributed by atoms with Crippen molar-refractivity contribution in [2.24, 2.45) is 11.8 Å². The van der Waals surface area contributed by atoms with Crippen LogP contribution < -0.4 is 5.32 Å². The molecule has 0 aromatic carbocycles. The van der Waals surface area contributed by atoms with E-state index in [1.165, 1.54) is 12.8 Å². The van der Waals surface area contributed by atoms with Crippen molar-refractivity contribution < 1.29 is 9.32 Å². The number of carbonyl (C=O) groups excluding carboxylic acids is 1. The molecule has 16 heavy (non-hydrogen) atoms. The largest absolute Gasteiger partial charge is 0.361 e. The SMILES string of the molecule is Cc1cc(CCNC(=O)C(C)C2CC2)no1. The van der Waals surface area contributed by atoms with E-state index in [1.54, 1.807) is 0 Å². The molecule has 1 atom stereocenters. The lowest BCUT2D eigenvalue weighted by molar-refractivity contribution is -0.125. The van der Waals surface area contributed by atoms with Gasteiger partial charge >= 0.3 is 0 Å². The van der Waals surface area contributed by atoms with Gasteiger partial charge in [0.2, 0.25) is 5.91 Å². The van der Waals surface area contributed by atoms with Gasteiger partial charge in [-0.1, -0.05) is 12.1 Å². The summed E-state index contributed by atoms with van der Waals surface area (Å²) in [4.78, 5) is 11.7. The van der Waals surface area contributed by atoms with Crippen molar-refractivity contribution in [3.63, 3.8) is 0 Å². The standard InChI is InChI=1S/C12H18N2O2/c1-8-7-11(14-16-8)5-6-13-12(15)9(2)10-3-4-10/h7,9-10H,3-6H2,1-2H3,(H,13,15). The molecule has 0 spiro atoms. The highest BCUT2D eigenvalue weighted by atomic mass is 16.5. The van der Waals surface area contributed by atoms with E-state index in [9.17, 15) is 4.79 Å². The van der Waals surface area contributed by atoms with Crippen LogP contribution in [-0.2, 0) is 11.2 Å². The Morgan fingerprint density at radius 2 is 2.44 bits per heavy atom. The molecule has 0 saturated heterocycles. The van der Waals surface area contributed by atoms with Gasteiger partial charge < -0.3 is 9.84 Å². The second-order valence-electron chi connectivity index (χ2n) is 4.60. The Labute approximate surface area is 95.4 Å². The van der Waals surface area contributed by atoms with Crippen LogP contribution >= 0.6 is 0 Å². The molecule has 1 N–H and O–H groups in total. The molecule has 1 amide bonds. The molecular weight excluding hydrogens is 204 g/mol. The van der Waals surface area contributed by atoms with Crippen LogP contribution in [-0.4, -0.2) is 17.6 Å². The van der Waals surface area contributed by atoms with Crippen molar-refractivity contribution in [3.05, 3.63) is 17.5 Å². The molecule has 2 rings (SSSR count). The second kappa shape index (κ2) is 4.68. The van der Waals surface area contributed by atoms with E-state index in [0.717, 1.165) is 17.9 Å². The number of nitrogens with zero attached hydrogens (tertiary/aromatic N) is 1. The zero-order chi connectivity index (χ0) is 11.5. The van der Waals surface area contributed by atoms with Crippen molar-refractivity contribution in [1.29, 1.82) is 0 Å². The van der Waals surface area contributed by atoms with Crippen LogP contribution in [0.5, 0.6) is 0 Å². The molecule has 1 aliphatic carbocycles. The first-order chi connectivity index (χ1) is 7.66. The third-order valence-corrected chi connectivity index (χ3v) is 3.10. The summed E-state index contributed by atoms with van der Waals surface area (Å²) < 4.78 is 4.95. The summed E-state index contributed by atoms with van der Waals surface area (Å²) in [5.41, 5.74) is 0.900. The van der Waals surface area contributed by atoms with Gasteiger partial charge in [-0.15, -0.1) is 0 Å². The third kappa shape index (κ3) is 2.84. The molecule has 0 bridgehead atoms. The summed E-state index contributed by atoms with van der Waals surface area (Å²) in [6.45, 7) is 4.51. The maximum absolute atomic E-state index is 11.7. The topological polar surface area (TPSA) is 55.1 Å². The highest BCUT2D eigenvalue weighted by molar-refractivity contribution is 5.78. The van der Waals surface area contributed by atoms with Crippen LogP contribution in [0, 0.1) is 18.8 Å². The fraction of sp³-hybridized carbons (Fsp3) is 0.667. The number of hydrogen-bond acceptors (Lipinski definition) is 3. The molecule has 88 valence electrons. The van der Waals surface area contributed by atoms with Gasteiger partial charge in [0, 0.05) is 24.9 Å². The summed E-state index contributed by atoms with van der Waals surface area (Å²) in [6.07, 6.45) is 3.15. The van der Waals surface area contributed by atoms with Gasteiger partial charge in [0.25, 0.3) is 0 Å². The maximum atomic E-state index is 11.7. The quantitative estimate of drug-likeness (QED) is 0.824. The fourth-order valence-corrected chi connectivity index (χ4v) is 1.82. The lowest BCUT2D eigenvalue weighted by Crippen LogP contribution is -2.31. The molecule has 0 radical (unpaired) electrons. The maximum Gasteiger partial charge on any atom is 0.223 e. The summed E-state index contributed by atoms with van der Waals surface area (Å²) in [6, 6.07) is 1.90. The van der Waals surface area contributed by atoms with Crippen LogP contribution in [0.2, 0.25) is 0 Å². The molecule has 1 aromatic heterocycles. The molecule has 1 saturated carbocycles. The summed E-state index contributed by atoms with van der Waals surface area (Å²) in [5.74, 6) is 1.77. The smallest absolute Gasteiger partial charge is 0.223 e. The first kappa shape index (κ1) is 11.2. The minimum atomic E-state index is 0.166. The van der Waals surface area contributed by atoms with Crippen LogP contribution in [0.15, 0.2) is 10.6 Å². The van der Waals surface area contributed by atoms with Crippen molar-refractivity contribution in [2.45, 2.75) is 33.1 Å². The second-order valence-corrected chi connectivity index (χ2v) is 4.60. The monoisotopic (exact) mass is 222 g/mol.